The SMILES string of the molecule is COC(=O)N1CCC(C(=O)NC[C@@H](C)[C@H]2CC[C@H]3[C@@H]4CC(OC)[C@@]56C[C@H]5CC[C@]6(C)[C@H]4CC[C@]23C)CC1. The summed E-state index contributed by atoms with van der Waals surface area (Å²) in [4.78, 5) is 26.5. The topological polar surface area (TPSA) is 67.9 Å². The number of nitrogens with one attached hydrogen (secondary N) is 1. The van der Waals surface area contributed by atoms with E-state index in [4.69, 9.17) is 9.47 Å². The molecule has 0 bridgehead atoms. The lowest BCUT2D eigenvalue weighted by Crippen LogP contribution is -2.57. The van der Waals surface area contributed by atoms with E-state index in [9.17, 15) is 9.59 Å². The molecule has 1 saturated heterocycles. The summed E-state index contributed by atoms with van der Waals surface area (Å²) in [7, 11) is 3.40. The zero-order chi connectivity index (χ0) is 26.2. The van der Waals surface area contributed by atoms with Crippen LogP contribution in [0.15, 0.2) is 0 Å². The molecule has 1 N–H and O–H groups in total. The minimum Gasteiger partial charge on any atom is -0.453 e. The second kappa shape index (κ2) is 9.13. The van der Waals surface area contributed by atoms with Crippen molar-refractivity contribution in [2.24, 2.45) is 57.7 Å². The first-order valence-corrected chi connectivity index (χ1v) is 15.3. The smallest absolute Gasteiger partial charge is 0.409 e. The third kappa shape index (κ3) is 3.66. The molecule has 6 rings (SSSR count). The van der Waals surface area contributed by atoms with Gasteiger partial charge in [-0.15, -0.1) is 0 Å². The quantitative estimate of drug-likeness (QED) is 0.526. The van der Waals surface area contributed by atoms with Gasteiger partial charge in [-0.1, -0.05) is 20.8 Å². The van der Waals surface area contributed by atoms with Gasteiger partial charge >= 0.3 is 6.09 Å². The minimum atomic E-state index is -0.282. The number of likely N-dealkylation sites (tertiary alicyclic amines) is 1. The summed E-state index contributed by atoms with van der Waals surface area (Å²) in [6.45, 7) is 9.64. The van der Waals surface area contributed by atoms with Crippen LogP contribution in [0.3, 0.4) is 0 Å². The van der Waals surface area contributed by atoms with Crippen molar-refractivity contribution in [3.63, 3.8) is 0 Å². The van der Waals surface area contributed by atoms with Gasteiger partial charge in [-0.3, -0.25) is 4.79 Å². The van der Waals surface area contributed by atoms with Gasteiger partial charge < -0.3 is 19.7 Å². The molecule has 0 aromatic heterocycles. The lowest BCUT2D eigenvalue weighted by Gasteiger charge is -2.61. The number of amides is 2. The van der Waals surface area contributed by atoms with E-state index >= 15 is 0 Å². The van der Waals surface area contributed by atoms with Crippen LogP contribution < -0.4 is 5.32 Å². The van der Waals surface area contributed by atoms with Crippen molar-refractivity contribution in [1.82, 2.24) is 10.2 Å². The number of hydrogen-bond donors (Lipinski definition) is 1. The van der Waals surface area contributed by atoms with Crippen molar-refractivity contribution in [2.45, 2.75) is 91.1 Å². The van der Waals surface area contributed by atoms with E-state index in [1.54, 1.807) is 4.90 Å². The number of fused-ring (bicyclic) bond motifs is 4. The first-order chi connectivity index (χ1) is 17.7. The molecule has 6 aliphatic rings. The van der Waals surface area contributed by atoms with Gasteiger partial charge in [0.15, 0.2) is 0 Å². The van der Waals surface area contributed by atoms with Crippen LogP contribution in [-0.2, 0) is 14.3 Å². The Morgan fingerprint density at radius 2 is 1.76 bits per heavy atom. The number of piperidine rings is 1. The Balaban J connectivity index is 1.08. The number of methoxy groups -OCH3 is 2. The Morgan fingerprint density at radius 3 is 2.43 bits per heavy atom. The molecule has 1 spiro atoms. The molecule has 0 aromatic carbocycles. The molecule has 37 heavy (non-hydrogen) atoms. The molecule has 0 aromatic rings. The molecule has 208 valence electrons. The zero-order valence-electron chi connectivity index (χ0n) is 23.9. The summed E-state index contributed by atoms with van der Waals surface area (Å²) in [5.74, 6) is 4.80. The monoisotopic (exact) mass is 514 g/mol. The molecule has 0 radical (unpaired) electrons. The first-order valence-electron chi connectivity index (χ1n) is 15.3. The molecule has 6 nitrogen and oxygen atoms in total. The second-order valence-electron chi connectivity index (χ2n) is 14.4. The highest BCUT2D eigenvalue weighted by Crippen LogP contribution is 2.82. The van der Waals surface area contributed by atoms with Crippen LogP contribution in [0.25, 0.3) is 0 Å². The fraction of sp³-hybridized carbons (Fsp3) is 0.935. The fourth-order valence-electron chi connectivity index (χ4n) is 11.6. The van der Waals surface area contributed by atoms with Gasteiger partial charge in [0.1, 0.15) is 0 Å². The van der Waals surface area contributed by atoms with Crippen molar-refractivity contribution < 1.29 is 19.1 Å². The number of hydrogen-bond acceptors (Lipinski definition) is 4. The average molecular weight is 515 g/mol. The van der Waals surface area contributed by atoms with Gasteiger partial charge in [0.25, 0.3) is 0 Å². The van der Waals surface area contributed by atoms with Gasteiger partial charge in [0, 0.05) is 38.1 Å². The summed E-state index contributed by atoms with van der Waals surface area (Å²) in [6.07, 6.45) is 12.6. The molecule has 5 saturated carbocycles. The van der Waals surface area contributed by atoms with Crippen LogP contribution in [0, 0.1) is 57.7 Å². The van der Waals surface area contributed by atoms with Crippen molar-refractivity contribution in [2.75, 3.05) is 33.9 Å². The number of nitrogens with zero attached hydrogens (tertiary/aromatic N) is 1. The second-order valence-corrected chi connectivity index (χ2v) is 14.4. The summed E-state index contributed by atoms with van der Waals surface area (Å²) >= 11 is 0. The number of carbonyl (C=O) groups is 2. The lowest BCUT2D eigenvalue weighted by molar-refractivity contribution is -0.161. The van der Waals surface area contributed by atoms with Crippen LogP contribution in [0.5, 0.6) is 0 Å². The van der Waals surface area contributed by atoms with Crippen LogP contribution >= 0.6 is 0 Å². The molecular formula is C31H50N2O4. The maximum absolute atomic E-state index is 13.0. The summed E-state index contributed by atoms with van der Waals surface area (Å²) in [5.41, 5.74) is 1.38. The lowest BCUT2D eigenvalue weighted by atomic mass is 9.45. The van der Waals surface area contributed by atoms with E-state index in [0.29, 0.717) is 47.3 Å². The van der Waals surface area contributed by atoms with E-state index in [1.165, 1.54) is 58.5 Å². The molecule has 1 heterocycles. The predicted molar refractivity (Wildman–Crippen MR) is 143 cm³/mol. The Hall–Kier alpha value is -1.30. The Kier molecular flexibility index (Phi) is 6.40. The third-order valence-corrected chi connectivity index (χ3v) is 13.5. The van der Waals surface area contributed by atoms with Crippen molar-refractivity contribution in [3.05, 3.63) is 0 Å². The van der Waals surface area contributed by atoms with E-state index in [2.05, 4.69) is 26.1 Å². The van der Waals surface area contributed by atoms with E-state index in [0.717, 1.165) is 43.1 Å². The normalized spacial score (nSPS) is 47.3. The van der Waals surface area contributed by atoms with Crippen molar-refractivity contribution in [3.8, 4) is 0 Å². The molecule has 5 aliphatic carbocycles. The molecular weight excluding hydrogens is 464 g/mol. The minimum absolute atomic E-state index is 0.00870. The average Bonchev–Trinajstić information content (AvgIpc) is 3.42. The highest BCUT2D eigenvalue weighted by atomic mass is 16.5. The maximum Gasteiger partial charge on any atom is 0.409 e. The molecule has 1 unspecified atom stereocenters. The van der Waals surface area contributed by atoms with Crippen LogP contribution in [0.4, 0.5) is 4.79 Å². The van der Waals surface area contributed by atoms with E-state index in [-0.39, 0.29) is 17.9 Å². The molecule has 2 amide bonds. The van der Waals surface area contributed by atoms with Crippen LogP contribution in [0.2, 0.25) is 0 Å². The Labute approximate surface area is 224 Å². The van der Waals surface area contributed by atoms with Gasteiger partial charge in [-0.25, -0.2) is 4.79 Å². The highest BCUT2D eigenvalue weighted by molar-refractivity contribution is 5.79. The van der Waals surface area contributed by atoms with Gasteiger partial charge in [-0.2, -0.15) is 0 Å². The number of ether oxygens (including phenoxy) is 2. The van der Waals surface area contributed by atoms with E-state index in [1.807, 2.05) is 7.11 Å². The predicted octanol–water partition coefficient (Wildman–Crippen LogP) is 5.50. The number of carbonyl (C=O) groups excluding carboxylic acids is 2. The largest absolute Gasteiger partial charge is 0.453 e. The Bertz CT molecular complexity index is 917. The van der Waals surface area contributed by atoms with Gasteiger partial charge in [0.05, 0.1) is 13.2 Å². The van der Waals surface area contributed by atoms with E-state index < -0.39 is 0 Å². The van der Waals surface area contributed by atoms with Crippen LogP contribution in [0.1, 0.15) is 85.0 Å². The summed E-state index contributed by atoms with van der Waals surface area (Å²) < 4.78 is 11.1. The fourth-order valence-corrected chi connectivity index (χ4v) is 11.6. The first kappa shape index (κ1) is 26.0. The molecule has 1 aliphatic heterocycles. The Morgan fingerprint density at radius 1 is 1.00 bits per heavy atom. The van der Waals surface area contributed by atoms with Crippen LogP contribution in [-0.4, -0.2) is 56.9 Å². The number of rotatable bonds is 5. The molecule has 6 heteroatoms. The molecule has 6 fully saturated rings. The highest BCUT2D eigenvalue weighted by Gasteiger charge is 2.77. The standard InChI is InChI=1S/C31H50N2O4/c1-19(18-32-27(34)20-10-14-33(15-11-20)28(35)37-5)23-6-7-24-22-16-26(36-4)31-17-21(31)8-13-30(31,3)25(22)9-12-29(23,24)2/h19-26H,6-18H2,1-5H3,(H,32,34)/t19-,21-,22+,23-,24+,25+,26?,29-,30-,31-/m1/s1. The maximum atomic E-state index is 13.0. The van der Waals surface area contributed by atoms with Gasteiger partial charge in [-0.05, 0) is 111 Å². The third-order valence-electron chi connectivity index (χ3n) is 13.5. The summed E-state index contributed by atoms with van der Waals surface area (Å²) in [6, 6.07) is 0. The zero-order valence-corrected chi connectivity index (χ0v) is 23.9. The summed E-state index contributed by atoms with van der Waals surface area (Å²) in [5, 5.41) is 3.33. The van der Waals surface area contributed by atoms with Crippen molar-refractivity contribution in [1.29, 1.82) is 0 Å². The van der Waals surface area contributed by atoms with Gasteiger partial charge in [0.2, 0.25) is 5.91 Å². The molecule has 10 atom stereocenters. The van der Waals surface area contributed by atoms with Crippen molar-refractivity contribution >= 4 is 12.0 Å².